The highest BCUT2D eigenvalue weighted by molar-refractivity contribution is 5.73. The molecular weight excluding hydrogens is 328 g/mol. The number of hydrogen-bond donors (Lipinski definition) is 1. The Hall–Kier alpha value is -2.50. The van der Waals surface area contributed by atoms with Gasteiger partial charge in [-0.2, -0.15) is 5.10 Å². The van der Waals surface area contributed by atoms with Crippen molar-refractivity contribution in [3.05, 3.63) is 47.8 Å². The molecule has 0 radical (unpaired) electrons. The highest BCUT2D eigenvalue weighted by Crippen LogP contribution is 2.15. The van der Waals surface area contributed by atoms with Gasteiger partial charge in [0.2, 0.25) is 0 Å². The number of nitrogens with zero attached hydrogens (tertiary/aromatic N) is 3. The standard InChI is InChI=1S/C20H30N4O2/c1-6-16(4)26-19-9-7-17(8-10-19)11-21-20(25)23(5)13-18-12-22-24(14-18)15(2)3/h7-10,12,14-16H,6,11,13H2,1-5H3,(H,21,25). The summed E-state index contributed by atoms with van der Waals surface area (Å²) in [6.07, 6.45) is 4.96. The number of carbonyl (C=O) groups is 1. The lowest BCUT2D eigenvalue weighted by Crippen LogP contribution is -2.36. The zero-order valence-corrected chi connectivity index (χ0v) is 16.4. The first kappa shape index (κ1) is 19.8. The van der Waals surface area contributed by atoms with E-state index in [4.69, 9.17) is 4.74 Å². The number of amides is 2. The number of carbonyl (C=O) groups excluding carboxylic acids is 1. The maximum Gasteiger partial charge on any atom is 0.317 e. The molecule has 1 aromatic carbocycles. The van der Waals surface area contributed by atoms with Gasteiger partial charge in [0.1, 0.15) is 5.75 Å². The Balaban J connectivity index is 1.81. The Morgan fingerprint density at radius 1 is 1.23 bits per heavy atom. The molecule has 26 heavy (non-hydrogen) atoms. The molecule has 0 saturated heterocycles. The van der Waals surface area contributed by atoms with E-state index in [0.717, 1.165) is 23.3 Å². The van der Waals surface area contributed by atoms with Gasteiger partial charge in [-0.05, 0) is 44.9 Å². The van der Waals surface area contributed by atoms with Crippen LogP contribution in [0.4, 0.5) is 4.79 Å². The SMILES string of the molecule is CCC(C)Oc1ccc(CNC(=O)N(C)Cc2cnn(C(C)C)c2)cc1. The predicted molar refractivity (Wildman–Crippen MR) is 103 cm³/mol. The molecular formula is C20H30N4O2. The van der Waals surface area contributed by atoms with Crippen LogP contribution in [0.2, 0.25) is 0 Å². The summed E-state index contributed by atoms with van der Waals surface area (Å²) in [6.45, 7) is 9.31. The summed E-state index contributed by atoms with van der Waals surface area (Å²) in [6, 6.07) is 8.04. The van der Waals surface area contributed by atoms with E-state index in [1.807, 2.05) is 35.1 Å². The molecule has 0 saturated carbocycles. The molecule has 0 aliphatic heterocycles. The molecule has 0 fully saturated rings. The molecule has 1 aromatic heterocycles. The number of nitrogens with one attached hydrogen (secondary N) is 1. The van der Waals surface area contributed by atoms with Gasteiger partial charge in [-0.25, -0.2) is 4.79 Å². The van der Waals surface area contributed by atoms with Crippen LogP contribution < -0.4 is 10.1 Å². The van der Waals surface area contributed by atoms with E-state index in [0.29, 0.717) is 19.1 Å². The molecule has 142 valence electrons. The van der Waals surface area contributed by atoms with Crippen LogP contribution >= 0.6 is 0 Å². The quantitative estimate of drug-likeness (QED) is 0.776. The summed E-state index contributed by atoms with van der Waals surface area (Å²) in [4.78, 5) is 13.9. The van der Waals surface area contributed by atoms with Gasteiger partial charge in [0.25, 0.3) is 0 Å². The Labute approximate surface area is 156 Å². The maximum atomic E-state index is 12.3. The average molecular weight is 358 g/mol. The van der Waals surface area contributed by atoms with Crippen molar-refractivity contribution >= 4 is 6.03 Å². The third kappa shape index (κ3) is 5.79. The summed E-state index contributed by atoms with van der Waals surface area (Å²) in [5.74, 6) is 0.855. The van der Waals surface area contributed by atoms with E-state index >= 15 is 0 Å². The molecule has 1 N–H and O–H groups in total. The topological polar surface area (TPSA) is 59.4 Å². The summed E-state index contributed by atoms with van der Waals surface area (Å²) in [5.41, 5.74) is 2.05. The summed E-state index contributed by atoms with van der Waals surface area (Å²) in [7, 11) is 1.78. The average Bonchev–Trinajstić information content (AvgIpc) is 3.09. The maximum absolute atomic E-state index is 12.3. The van der Waals surface area contributed by atoms with Gasteiger partial charge in [-0.15, -0.1) is 0 Å². The van der Waals surface area contributed by atoms with E-state index in [2.05, 4.69) is 38.1 Å². The smallest absolute Gasteiger partial charge is 0.317 e. The van der Waals surface area contributed by atoms with Gasteiger partial charge in [-0.1, -0.05) is 19.1 Å². The first-order valence-corrected chi connectivity index (χ1v) is 9.16. The largest absolute Gasteiger partial charge is 0.491 e. The molecule has 6 nitrogen and oxygen atoms in total. The molecule has 2 aromatic rings. The van der Waals surface area contributed by atoms with Gasteiger partial charge >= 0.3 is 6.03 Å². The summed E-state index contributed by atoms with van der Waals surface area (Å²) >= 11 is 0. The Morgan fingerprint density at radius 2 is 1.92 bits per heavy atom. The lowest BCUT2D eigenvalue weighted by Gasteiger charge is -2.17. The Morgan fingerprint density at radius 3 is 2.50 bits per heavy atom. The van der Waals surface area contributed by atoms with Crippen LogP contribution in [0.15, 0.2) is 36.7 Å². The van der Waals surface area contributed by atoms with Crippen LogP contribution in [0, 0.1) is 0 Å². The van der Waals surface area contributed by atoms with Crippen molar-refractivity contribution in [1.82, 2.24) is 20.0 Å². The molecule has 0 aliphatic rings. The van der Waals surface area contributed by atoms with E-state index in [1.54, 1.807) is 18.1 Å². The van der Waals surface area contributed by atoms with Crippen molar-refractivity contribution in [2.75, 3.05) is 7.05 Å². The van der Waals surface area contributed by atoms with Crippen LogP contribution in [0.25, 0.3) is 0 Å². The monoisotopic (exact) mass is 358 g/mol. The normalized spacial score (nSPS) is 12.1. The second kappa shape index (κ2) is 9.27. The molecule has 2 amide bonds. The van der Waals surface area contributed by atoms with Crippen LogP contribution in [-0.4, -0.2) is 33.9 Å². The number of ether oxygens (including phenoxy) is 1. The van der Waals surface area contributed by atoms with E-state index in [1.165, 1.54) is 0 Å². The molecule has 0 bridgehead atoms. The predicted octanol–water partition coefficient (Wildman–Crippen LogP) is 3.98. The van der Waals surface area contributed by atoms with Gasteiger partial charge in [-0.3, -0.25) is 4.68 Å². The summed E-state index contributed by atoms with van der Waals surface area (Å²) in [5, 5.41) is 7.24. The molecule has 0 spiro atoms. The van der Waals surface area contributed by atoms with Crippen molar-refractivity contribution < 1.29 is 9.53 Å². The zero-order chi connectivity index (χ0) is 19.1. The molecule has 1 unspecified atom stereocenters. The van der Waals surface area contributed by atoms with Crippen molar-refractivity contribution in [3.63, 3.8) is 0 Å². The van der Waals surface area contributed by atoms with E-state index in [-0.39, 0.29) is 12.1 Å². The lowest BCUT2D eigenvalue weighted by atomic mass is 10.2. The molecule has 2 rings (SSSR count). The van der Waals surface area contributed by atoms with Crippen LogP contribution in [0.3, 0.4) is 0 Å². The van der Waals surface area contributed by atoms with Gasteiger partial charge in [0.15, 0.2) is 0 Å². The first-order chi connectivity index (χ1) is 12.4. The van der Waals surface area contributed by atoms with E-state index in [9.17, 15) is 4.79 Å². The number of benzene rings is 1. The Kier molecular flexibility index (Phi) is 7.06. The Bertz CT molecular complexity index is 694. The minimum Gasteiger partial charge on any atom is -0.491 e. The molecule has 0 aliphatic carbocycles. The van der Waals surface area contributed by atoms with Crippen molar-refractivity contribution in [2.24, 2.45) is 0 Å². The van der Waals surface area contributed by atoms with Crippen molar-refractivity contribution in [3.8, 4) is 5.75 Å². The minimum absolute atomic E-state index is 0.109. The third-order valence-corrected chi connectivity index (χ3v) is 4.23. The van der Waals surface area contributed by atoms with Crippen LogP contribution in [-0.2, 0) is 13.1 Å². The number of hydrogen-bond acceptors (Lipinski definition) is 3. The fourth-order valence-corrected chi connectivity index (χ4v) is 2.40. The highest BCUT2D eigenvalue weighted by Gasteiger charge is 2.11. The third-order valence-electron chi connectivity index (χ3n) is 4.23. The van der Waals surface area contributed by atoms with Gasteiger partial charge < -0.3 is 15.0 Å². The van der Waals surface area contributed by atoms with Crippen molar-refractivity contribution in [2.45, 2.75) is 59.4 Å². The number of rotatable bonds is 8. The number of aromatic nitrogens is 2. The molecule has 1 atom stereocenters. The second-order valence-corrected chi connectivity index (χ2v) is 6.92. The van der Waals surface area contributed by atoms with Crippen molar-refractivity contribution in [1.29, 1.82) is 0 Å². The molecule has 6 heteroatoms. The summed E-state index contributed by atoms with van der Waals surface area (Å²) < 4.78 is 7.66. The molecule has 1 heterocycles. The van der Waals surface area contributed by atoms with Gasteiger partial charge in [0.05, 0.1) is 18.8 Å². The number of urea groups is 1. The minimum atomic E-state index is -0.109. The zero-order valence-electron chi connectivity index (χ0n) is 16.4. The highest BCUT2D eigenvalue weighted by atomic mass is 16.5. The lowest BCUT2D eigenvalue weighted by molar-refractivity contribution is 0.206. The fourth-order valence-electron chi connectivity index (χ4n) is 2.40. The van der Waals surface area contributed by atoms with Crippen LogP contribution in [0.1, 0.15) is 51.3 Å². The fraction of sp³-hybridized carbons (Fsp3) is 0.500. The van der Waals surface area contributed by atoms with Crippen LogP contribution in [0.5, 0.6) is 5.75 Å². The second-order valence-electron chi connectivity index (χ2n) is 6.92. The first-order valence-electron chi connectivity index (χ1n) is 9.16. The van der Waals surface area contributed by atoms with Gasteiger partial charge in [0, 0.05) is 31.4 Å². The van der Waals surface area contributed by atoms with E-state index < -0.39 is 0 Å².